The summed E-state index contributed by atoms with van der Waals surface area (Å²) in [4.78, 5) is 8.55. The minimum Gasteiger partial charge on any atom is -0.354 e. The van der Waals surface area contributed by atoms with Gasteiger partial charge in [0.1, 0.15) is 0 Å². The van der Waals surface area contributed by atoms with Crippen molar-refractivity contribution in [2.75, 3.05) is 18.4 Å². The first-order valence-electron chi connectivity index (χ1n) is 4.80. The first-order valence-corrected chi connectivity index (χ1v) is 5.68. The number of thiazole rings is 1. The molecule has 5 heteroatoms. The Morgan fingerprint density at radius 1 is 1.40 bits per heavy atom. The Hall–Kier alpha value is -1.62. The summed E-state index contributed by atoms with van der Waals surface area (Å²) in [6, 6.07) is 6.15. The van der Waals surface area contributed by atoms with E-state index in [4.69, 9.17) is 0 Å². The minimum atomic E-state index is 0.848. The summed E-state index contributed by atoms with van der Waals surface area (Å²) in [7, 11) is 0. The predicted molar refractivity (Wildman–Crippen MR) is 63.5 cm³/mol. The van der Waals surface area contributed by atoms with Crippen molar-refractivity contribution < 1.29 is 0 Å². The summed E-state index contributed by atoms with van der Waals surface area (Å²) in [5, 5.41) is 6.39. The molecule has 0 saturated carbocycles. The predicted octanol–water partition coefficient (Wildman–Crippen LogP) is 1.67. The van der Waals surface area contributed by atoms with E-state index in [0.29, 0.717) is 0 Å². The van der Waals surface area contributed by atoms with Crippen molar-refractivity contribution in [3.63, 3.8) is 0 Å². The molecule has 2 aromatic rings. The molecule has 0 amide bonds. The average Bonchev–Trinajstić information content (AvgIpc) is 2.87. The lowest BCUT2D eigenvalue weighted by Gasteiger charge is -2.05. The number of aromatic nitrogens is 1. The monoisotopic (exact) mass is 218 g/mol. The van der Waals surface area contributed by atoms with Gasteiger partial charge in [0, 0.05) is 12.2 Å². The fourth-order valence-electron chi connectivity index (χ4n) is 1.55. The summed E-state index contributed by atoms with van der Waals surface area (Å²) >= 11 is 1.65. The molecule has 0 unspecified atom stereocenters. The van der Waals surface area contributed by atoms with Crippen LogP contribution in [0.25, 0.3) is 10.2 Å². The van der Waals surface area contributed by atoms with Crippen molar-refractivity contribution in [2.24, 2.45) is 4.99 Å². The molecule has 2 heterocycles. The maximum atomic E-state index is 4.28. The van der Waals surface area contributed by atoms with Crippen LogP contribution in [-0.4, -0.2) is 24.0 Å². The molecular weight excluding hydrogens is 208 g/mol. The van der Waals surface area contributed by atoms with Crippen molar-refractivity contribution in [2.45, 2.75) is 0 Å². The largest absolute Gasteiger partial charge is 0.354 e. The van der Waals surface area contributed by atoms with Gasteiger partial charge in [0.05, 0.1) is 22.3 Å². The van der Waals surface area contributed by atoms with Crippen LogP contribution in [0.2, 0.25) is 0 Å². The lowest BCUT2D eigenvalue weighted by molar-refractivity contribution is 0.959. The quantitative estimate of drug-likeness (QED) is 0.765. The van der Waals surface area contributed by atoms with Gasteiger partial charge in [-0.2, -0.15) is 0 Å². The Labute approximate surface area is 91.1 Å². The molecule has 0 fully saturated rings. The van der Waals surface area contributed by atoms with Crippen LogP contribution in [0, 0.1) is 0 Å². The van der Waals surface area contributed by atoms with Crippen molar-refractivity contribution in [3.05, 3.63) is 23.7 Å². The number of guanidine groups is 1. The van der Waals surface area contributed by atoms with E-state index >= 15 is 0 Å². The molecule has 4 nitrogen and oxygen atoms in total. The van der Waals surface area contributed by atoms with Gasteiger partial charge in [-0.05, 0) is 18.2 Å². The Bertz CT molecular complexity index is 517. The average molecular weight is 218 g/mol. The zero-order valence-corrected chi connectivity index (χ0v) is 8.84. The molecule has 0 bridgehead atoms. The smallest absolute Gasteiger partial charge is 0.195 e. The van der Waals surface area contributed by atoms with E-state index in [0.717, 1.165) is 30.3 Å². The lowest BCUT2D eigenvalue weighted by Crippen LogP contribution is -2.26. The minimum absolute atomic E-state index is 0.848. The number of aliphatic imine (C=N–C) groups is 1. The van der Waals surface area contributed by atoms with Crippen LogP contribution in [0.4, 0.5) is 5.69 Å². The summed E-state index contributed by atoms with van der Waals surface area (Å²) in [5.74, 6) is 0.851. The zero-order chi connectivity index (χ0) is 10.1. The van der Waals surface area contributed by atoms with Gasteiger partial charge in [0.15, 0.2) is 5.96 Å². The molecule has 0 radical (unpaired) electrons. The van der Waals surface area contributed by atoms with Crippen molar-refractivity contribution in [3.8, 4) is 0 Å². The van der Waals surface area contributed by atoms with E-state index in [2.05, 4.69) is 26.7 Å². The second-order valence-corrected chi connectivity index (χ2v) is 4.20. The van der Waals surface area contributed by atoms with E-state index < -0.39 is 0 Å². The first kappa shape index (κ1) is 8.67. The SMILES string of the molecule is c1nc2cc(NC3=NCCN3)ccc2s1. The Morgan fingerprint density at radius 2 is 2.40 bits per heavy atom. The van der Waals surface area contributed by atoms with E-state index in [1.165, 1.54) is 4.70 Å². The maximum Gasteiger partial charge on any atom is 0.195 e. The third kappa shape index (κ3) is 1.66. The van der Waals surface area contributed by atoms with Gasteiger partial charge >= 0.3 is 0 Å². The van der Waals surface area contributed by atoms with Crippen LogP contribution in [0.3, 0.4) is 0 Å². The molecule has 3 rings (SSSR count). The standard InChI is InChI=1S/C10H10N4S/c1-2-9-8(13-6-15-9)5-7(1)14-10-11-3-4-12-10/h1-2,5-6H,3-4H2,(H2,11,12,14). The van der Waals surface area contributed by atoms with Gasteiger partial charge in [-0.1, -0.05) is 0 Å². The highest BCUT2D eigenvalue weighted by Crippen LogP contribution is 2.21. The van der Waals surface area contributed by atoms with E-state index in [9.17, 15) is 0 Å². The van der Waals surface area contributed by atoms with Crippen molar-refractivity contribution >= 4 is 33.2 Å². The third-order valence-electron chi connectivity index (χ3n) is 2.27. The molecule has 15 heavy (non-hydrogen) atoms. The van der Waals surface area contributed by atoms with E-state index in [1.54, 1.807) is 11.3 Å². The van der Waals surface area contributed by atoms with Gasteiger partial charge in [0.25, 0.3) is 0 Å². The molecule has 76 valence electrons. The number of hydrogen-bond acceptors (Lipinski definition) is 5. The van der Waals surface area contributed by atoms with Crippen molar-refractivity contribution in [1.29, 1.82) is 0 Å². The van der Waals surface area contributed by atoms with E-state index in [-0.39, 0.29) is 0 Å². The fourth-order valence-corrected chi connectivity index (χ4v) is 2.21. The fraction of sp³-hybridized carbons (Fsp3) is 0.200. The Morgan fingerprint density at radius 3 is 3.27 bits per heavy atom. The molecule has 2 N–H and O–H groups in total. The molecular formula is C10H10N4S. The highest BCUT2D eigenvalue weighted by molar-refractivity contribution is 7.16. The van der Waals surface area contributed by atoms with Gasteiger partial charge in [-0.25, -0.2) is 4.98 Å². The van der Waals surface area contributed by atoms with Crippen LogP contribution in [0.15, 0.2) is 28.7 Å². The van der Waals surface area contributed by atoms with Crippen LogP contribution in [-0.2, 0) is 0 Å². The topological polar surface area (TPSA) is 49.3 Å². The van der Waals surface area contributed by atoms with Crippen LogP contribution >= 0.6 is 11.3 Å². The van der Waals surface area contributed by atoms with Gasteiger partial charge in [-0.3, -0.25) is 4.99 Å². The van der Waals surface area contributed by atoms with Crippen LogP contribution in [0.1, 0.15) is 0 Å². The van der Waals surface area contributed by atoms with Gasteiger partial charge < -0.3 is 10.6 Å². The summed E-state index contributed by atoms with van der Waals surface area (Å²) in [5.41, 5.74) is 3.92. The lowest BCUT2D eigenvalue weighted by atomic mass is 10.3. The molecule has 1 aromatic heterocycles. The number of nitrogens with one attached hydrogen (secondary N) is 2. The molecule has 0 spiro atoms. The van der Waals surface area contributed by atoms with Crippen LogP contribution < -0.4 is 10.6 Å². The first-order chi connectivity index (χ1) is 7.42. The summed E-state index contributed by atoms with van der Waals surface area (Å²) in [6.07, 6.45) is 0. The maximum absolute atomic E-state index is 4.28. The molecule has 0 aliphatic carbocycles. The molecule has 0 atom stereocenters. The highest BCUT2D eigenvalue weighted by Gasteiger charge is 2.05. The molecule has 1 aromatic carbocycles. The molecule has 0 saturated heterocycles. The zero-order valence-electron chi connectivity index (χ0n) is 8.03. The summed E-state index contributed by atoms with van der Waals surface area (Å²) in [6.45, 7) is 1.77. The van der Waals surface area contributed by atoms with Gasteiger partial charge in [0.2, 0.25) is 0 Å². The molecule has 1 aliphatic heterocycles. The van der Waals surface area contributed by atoms with Gasteiger partial charge in [-0.15, -0.1) is 11.3 Å². The normalized spacial score (nSPS) is 15.1. The number of benzene rings is 1. The van der Waals surface area contributed by atoms with E-state index in [1.807, 2.05) is 17.6 Å². The number of rotatable bonds is 1. The second-order valence-electron chi connectivity index (χ2n) is 3.32. The number of fused-ring (bicyclic) bond motifs is 1. The third-order valence-corrected chi connectivity index (χ3v) is 3.08. The Balaban J connectivity index is 1.90. The van der Waals surface area contributed by atoms with Crippen molar-refractivity contribution in [1.82, 2.24) is 10.3 Å². The Kier molecular flexibility index (Phi) is 2.03. The number of hydrogen-bond donors (Lipinski definition) is 2. The second kappa shape index (κ2) is 3.51. The highest BCUT2D eigenvalue weighted by atomic mass is 32.1. The van der Waals surface area contributed by atoms with Crippen LogP contribution in [0.5, 0.6) is 0 Å². The number of nitrogens with zero attached hydrogens (tertiary/aromatic N) is 2. The molecule has 1 aliphatic rings. The summed E-state index contributed by atoms with van der Waals surface area (Å²) < 4.78 is 1.21. The number of anilines is 1.